The number of halogens is 6. The van der Waals surface area contributed by atoms with Crippen LogP contribution >= 0.6 is 0 Å². The molecule has 4 nitrogen and oxygen atoms in total. The third-order valence-electron chi connectivity index (χ3n) is 2.73. The molecule has 0 N–H and O–H groups in total. The Morgan fingerprint density at radius 1 is 1.24 bits per heavy atom. The number of rotatable bonds is 2. The summed E-state index contributed by atoms with van der Waals surface area (Å²) >= 11 is 0. The molecule has 1 aliphatic rings. The van der Waals surface area contributed by atoms with Crippen LogP contribution in [-0.2, 0) is 11.0 Å². The summed E-state index contributed by atoms with van der Waals surface area (Å²) in [5, 5.41) is 0. The SMILES string of the molecule is O=C(N1CC(Oc2cc(C(F)(F)F)ccn2)C1)C(F)(F)F. The molecule has 1 saturated heterocycles. The first-order chi connectivity index (χ1) is 9.57. The molecular weight excluding hydrogens is 306 g/mol. The summed E-state index contributed by atoms with van der Waals surface area (Å²) in [6, 6.07) is 1.39. The van der Waals surface area contributed by atoms with Crippen LogP contribution < -0.4 is 4.74 Å². The van der Waals surface area contributed by atoms with Crippen LogP contribution in [0.15, 0.2) is 18.3 Å². The molecular formula is C11H8F6N2O2. The van der Waals surface area contributed by atoms with Gasteiger partial charge in [-0.05, 0) is 6.07 Å². The summed E-state index contributed by atoms with van der Waals surface area (Å²) in [5.74, 6) is -2.35. The van der Waals surface area contributed by atoms with Crippen molar-refractivity contribution in [2.75, 3.05) is 13.1 Å². The van der Waals surface area contributed by atoms with Crippen LogP contribution in [-0.4, -0.2) is 41.2 Å². The summed E-state index contributed by atoms with van der Waals surface area (Å²) in [6.07, 6.45) is -9.47. The molecule has 0 aromatic carbocycles. The van der Waals surface area contributed by atoms with Gasteiger partial charge in [-0.2, -0.15) is 26.3 Å². The highest BCUT2D eigenvalue weighted by Gasteiger charge is 2.47. The molecule has 0 spiro atoms. The average molecular weight is 314 g/mol. The predicted molar refractivity (Wildman–Crippen MR) is 56.3 cm³/mol. The Hall–Kier alpha value is -2.00. The minimum Gasteiger partial charge on any atom is -0.471 e. The third kappa shape index (κ3) is 3.56. The number of carbonyl (C=O) groups excluding carboxylic acids is 1. The third-order valence-corrected chi connectivity index (χ3v) is 2.73. The zero-order chi connectivity index (χ0) is 15.8. The number of nitrogens with zero attached hydrogens (tertiary/aromatic N) is 2. The van der Waals surface area contributed by atoms with E-state index in [1.165, 1.54) is 0 Å². The van der Waals surface area contributed by atoms with E-state index in [0.717, 1.165) is 12.3 Å². The number of likely N-dealkylation sites (tertiary alicyclic amines) is 1. The van der Waals surface area contributed by atoms with Gasteiger partial charge in [0.2, 0.25) is 5.88 Å². The van der Waals surface area contributed by atoms with Crippen LogP contribution in [0.4, 0.5) is 26.3 Å². The molecule has 0 radical (unpaired) electrons. The van der Waals surface area contributed by atoms with Crippen molar-refractivity contribution < 1.29 is 35.9 Å². The van der Waals surface area contributed by atoms with Crippen molar-refractivity contribution in [3.8, 4) is 5.88 Å². The molecule has 1 aliphatic heterocycles. The van der Waals surface area contributed by atoms with Crippen molar-refractivity contribution in [2.45, 2.75) is 18.5 Å². The number of aromatic nitrogens is 1. The topological polar surface area (TPSA) is 42.4 Å². The molecule has 2 heterocycles. The second kappa shape index (κ2) is 5.08. The second-order valence-electron chi connectivity index (χ2n) is 4.33. The summed E-state index contributed by atoms with van der Waals surface area (Å²) in [5.41, 5.74) is -0.977. The van der Waals surface area contributed by atoms with Gasteiger partial charge < -0.3 is 9.64 Å². The molecule has 0 atom stereocenters. The highest BCUT2D eigenvalue weighted by atomic mass is 19.4. The van der Waals surface area contributed by atoms with Gasteiger partial charge in [0.1, 0.15) is 6.10 Å². The van der Waals surface area contributed by atoms with Gasteiger partial charge in [-0.3, -0.25) is 4.79 Å². The number of amides is 1. The van der Waals surface area contributed by atoms with Crippen LogP contribution in [0.25, 0.3) is 0 Å². The Kier molecular flexibility index (Phi) is 3.72. The minimum atomic E-state index is -4.97. The fraction of sp³-hybridized carbons (Fsp3) is 0.455. The maximum atomic E-state index is 12.4. The Labute approximate surface area is 114 Å². The Morgan fingerprint density at radius 2 is 1.86 bits per heavy atom. The molecule has 0 aliphatic carbocycles. The van der Waals surface area contributed by atoms with Crippen molar-refractivity contribution in [3.63, 3.8) is 0 Å². The quantitative estimate of drug-likeness (QED) is 0.786. The van der Waals surface area contributed by atoms with E-state index < -0.39 is 29.9 Å². The maximum Gasteiger partial charge on any atom is 0.471 e. The number of hydrogen-bond donors (Lipinski definition) is 0. The van der Waals surface area contributed by atoms with Gasteiger partial charge in [-0.1, -0.05) is 0 Å². The highest BCUT2D eigenvalue weighted by molar-refractivity contribution is 5.82. The zero-order valence-electron chi connectivity index (χ0n) is 10.2. The van der Waals surface area contributed by atoms with Crippen LogP contribution in [0.3, 0.4) is 0 Å². The maximum absolute atomic E-state index is 12.4. The number of hydrogen-bond acceptors (Lipinski definition) is 3. The van der Waals surface area contributed by atoms with E-state index in [9.17, 15) is 31.1 Å². The van der Waals surface area contributed by atoms with Gasteiger partial charge in [-0.25, -0.2) is 4.98 Å². The Morgan fingerprint density at radius 3 is 2.38 bits per heavy atom. The van der Waals surface area contributed by atoms with Gasteiger partial charge in [0, 0.05) is 12.3 Å². The summed E-state index contributed by atoms with van der Waals surface area (Å²) in [6.45, 7) is -0.702. The smallest absolute Gasteiger partial charge is 0.471 e. The summed E-state index contributed by atoms with van der Waals surface area (Å²) in [4.78, 5) is 14.9. The molecule has 1 aromatic rings. The monoisotopic (exact) mass is 314 g/mol. The van der Waals surface area contributed by atoms with E-state index in [-0.39, 0.29) is 19.0 Å². The van der Waals surface area contributed by atoms with E-state index in [4.69, 9.17) is 4.74 Å². The highest BCUT2D eigenvalue weighted by Crippen LogP contribution is 2.31. The van der Waals surface area contributed by atoms with Gasteiger partial charge in [0.25, 0.3) is 0 Å². The molecule has 116 valence electrons. The summed E-state index contributed by atoms with van der Waals surface area (Å²) < 4.78 is 78.6. The lowest BCUT2D eigenvalue weighted by atomic mass is 10.1. The molecule has 10 heteroatoms. The van der Waals surface area contributed by atoms with Crippen molar-refractivity contribution in [1.82, 2.24) is 9.88 Å². The molecule has 1 aromatic heterocycles. The minimum absolute atomic E-state index is 0.351. The number of pyridine rings is 1. The lowest BCUT2D eigenvalue weighted by Crippen LogP contribution is -2.59. The van der Waals surface area contributed by atoms with E-state index in [1.54, 1.807) is 0 Å². The second-order valence-corrected chi connectivity index (χ2v) is 4.33. The first-order valence-electron chi connectivity index (χ1n) is 5.63. The first kappa shape index (κ1) is 15.4. The van der Waals surface area contributed by atoms with Gasteiger partial charge >= 0.3 is 18.3 Å². The van der Waals surface area contributed by atoms with Crippen LogP contribution in [0.5, 0.6) is 5.88 Å². The van der Waals surface area contributed by atoms with Crippen molar-refractivity contribution in [2.24, 2.45) is 0 Å². The fourth-order valence-electron chi connectivity index (χ4n) is 1.68. The first-order valence-corrected chi connectivity index (χ1v) is 5.63. The molecule has 0 bridgehead atoms. The summed E-state index contributed by atoms with van der Waals surface area (Å²) in [7, 11) is 0. The molecule has 21 heavy (non-hydrogen) atoms. The molecule has 0 saturated carbocycles. The van der Waals surface area contributed by atoms with E-state index >= 15 is 0 Å². The zero-order valence-corrected chi connectivity index (χ0v) is 10.2. The standard InChI is InChI=1S/C11H8F6N2O2/c12-10(13,14)6-1-2-18-8(3-6)21-7-4-19(5-7)9(20)11(15,16)17/h1-3,7H,4-5H2. The van der Waals surface area contributed by atoms with Gasteiger partial charge in [0.05, 0.1) is 18.7 Å². The molecule has 0 unspecified atom stereocenters. The largest absolute Gasteiger partial charge is 0.471 e. The fourth-order valence-corrected chi connectivity index (χ4v) is 1.68. The molecule has 2 rings (SSSR count). The van der Waals surface area contributed by atoms with Crippen molar-refractivity contribution in [1.29, 1.82) is 0 Å². The van der Waals surface area contributed by atoms with E-state index in [0.29, 0.717) is 11.0 Å². The Bertz CT molecular complexity index is 536. The number of ether oxygens (including phenoxy) is 1. The average Bonchev–Trinajstić information content (AvgIpc) is 2.30. The van der Waals surface area contributed by atoms with Gasteiger partial charge in [-0.15, -0.1) is 0 Å². The van der Waals surface area contributed by atoms with Crippen LogP contribution in [0.2, 0.25) is 0 Å². The van der Waals surface area contributed by atoms with Crippen molar-refractivity contribution >= 4 is 5.91 Å². The number of alkyl halides is 6. The normalized spacial score (nSPS) is 16.6. The van der Waals surface area contributed by atoms with Crippen LogP contribution in [0.1, 0.15) is 5.56 Å². The van der Waals surface area contributed by atoms with Crippen molar-refractivity contribution in [3.05, 3.63) is 23.9 Å². The van der Waals surface area contributed by atoms with E-state index in [2.05, 4.69) is 4.98 Å². The lowest BCUT2D eigenvalue weighted by molar-refractivity contribution is -0.193. The Balaban J connectivity index is 1.93. The number of carbonyl (C=O) groups is 1. The lowest BCUT2D eigenvalue weighted by Gasteiger charge is -2.38. The van der Waals surface area contributed by atoms with Gasteiger partial charge in [0.15, 0.2) is 0 Å². The van der Waals surface area contributed by atoms with E-state index in [1.807, 2.05) is 0 Å². The van der Waals surface area contributed by atoms with Crippen LogP contribution in [0, 0.1) is 0 Å². The molecule has 1 amide bonds. The molecule has 1 fully saturated rings. The predicted octanol–water partition coefficient (Wildman–Crippen LogP) is 2.25.